The molecule has 2 heterocycles. The van der Waals surface area contributed by atoms with Gasteiger partial charge in [-0.05, 0) is 32.4 Å². The van der Waals surface area contributed by atoms with Crippen LogP contribution < -0.4 is 9.13 Å². The molecule has 0 N–H and O–H groups in total. The minimum Gasteiger partial charge on any atom is -0.406 e. The summed E-state index contributed by atoms with van der Waals surface area (Å²) in [6, 6.07) is 8.50. The Morgan fingerprint density at radius 1 is 0.955 bits per heavy atom. The van der Waals surface area contributed by atoms with Crippen LogP contribution in [0, 0.1) is 27.7 Å². The lowest BCUT2D eigenvalue weighted by Gasteiger charge is -2.11. The molecular formula is C19H22N2O+2. The predicted molar refractivity (Wildman–Crippen MR) is 85.8 cm³/mol. The molecule has 2 aromatic heterocycles. The van der Waals surface area contributed by atoms with E-state index in [9.17, 15) is 0 Å². The van der Waals surface area contributed by atoms with Crippen LogP contribution in [0.3, 0.4) is 0 Å². The molecule has 0 amide bonds. The van der Waals surface area contributed by atoms with Crippen molar-refractivity contribution in [2.75, 3.05) is 0 Å². The van der Waals surface area contributed by atoms with E-state index in [4.69, 9.17) is 4.42 Å². The molecule has 0 fully saturated rings. The molecule has 0 radical (unpaired) electrons. The number of oxazole rings is 1. The molecule has 0 aliphatic heterocycles. The van der Waals surface area contributed by atoms with E-state index in [2.05, 4.69) is 62.7 Å². The Morgan fingerprint density at radius 3 is 2.36 bits per heavy atom. The quantitative estimate of drug-likeness (QED) is 0.664. The van der Waals surface area contributed by atoms with Crippen molar-refractivity contribution in [1.29, 1.82) is 0 Å². The number of benzene rings is 1. The molecule has 0 saturated heterocycles. The van der Waals surface area contributed by atoms with Crippen LogP contribution in [0.1, 0.15) is 22.4 Å². The Bertz CT molecular complexity index is 847. The molecule has 0 saturated carbocycles. The van der Waals surface area contributed by atoms with E-state index in [0.717, 1.165) is 5.89 Å². The van der Waals surface area contributed by atoms with E-state index in [1.54, 1.807) is 6.26 Å². The maximum Gasteiger partial charge on any atom is 0.381 e. The zero-order valence-electron chi connectivity index (χ0n) is 13.8. The van der Waals surface area contributed by atoms with Crippen LogP contribution in [-0.4, -0.2) is 0 Å². The lowest BCUT2D eigenvalue weighted by molar-refractivity contribution is -0.662. The molecule has 0 unspecified atom stereocenters. The minimum atomic E-state index is 0.894. The van der Waals surface area contributed by atoms with Gasteiger partial charge in [0, 0.05) is 30.2 Å². The Labute approximate surface area is 131 Å². The summed E-state index contributed by atoms with van der Waals surface area (Å²) in [5, 5.41) is 0. The Morgan fingerprint density at radius 2 is 1.73 bits per heavy atom. The average Bonchev–Trinajstić information content (AvgIpc) is 2.87. The summed E-state index contributed by atoms with van der Waals surface area (Å²) < 4.78 is 10.00. The van der Waals surface area contributed by atoms with Gasteiger partial charge in [-0.1, -0.05) is 6.07 Å². The van der Waals surface area contributed by atoms with Gasteiger partial charge in [-0.25, -0.2) is 0 Å². The first-order valence-corrected chi connectivity index (χ1v) is 7.52. The molecule has 3 heteroatoms. The second-order valence-corrected chi connectivity index (χ2v) is 5.89. The number of rotatable bonds is 2. The van der Waals surface area contributed by atoms with E-state index in [-0.39, 0.29) is 0 Å². The molecule has 0 aliphatic rings. The van der Waals surface area contributed by atoms with E-state index in [1.165, 1.54) is 33.6 Å². The van der Waals surface area contributed by atoms with Gasteiger partial charge in [-0.2, -0.15) is 9.13 Å². The summed E-state index contributed by atoms with van der Waals surface area (Å²) in [5.74, 6) is 0.894. The highest BCUT2D eigenvalue weighted by Crippen LogP contribution is 2.30. The first-order valence-electron chi connectivity index (χ1n) is 7.52. The molecule has 3 aromatic rings. The molecular weight excluding hydrogens is 272 g/mol. The molecule has 0 aliphatic carbocycles. The molecule has 3 rings (SSSR count). The fraction of sp³-hybridized carbons (Fsp3) is 0.263. The van der Waals surface area contributed by atoms with Crippen molar-refractivity contribution in [1.82, 2.24) is 0 Å². The maximum absolute atomic E-state index is 5.73. The minimum absolute atomic E-state index is 0.894. The zero-order valence-corrected chi connectivity index (χ0v) is 13.8. The van der Waals surface area contributed by atoms with Crippen LogP contribution in [0.4, 0.5) is 0 Å². The lowest BCUT2D eigenvalue weighted by atomic mass is 9.96. The van der Waals surface area contributed by atoms with Gasteiger partial charge in [0.15, 0.2) is 18.2 Å². The highest BCUT2D eigenvalue weighted by Gasteiger charge is 2.26. The summed E-state index contributed by atoms with van der Waals surface area (Å²) in [7, 11) is 2.01. The monoisotopic (exact) mass is 294 g/mol. The van der Waals surface area contributed by atoms with Crippen LogP contribution >= 0.6 is 0 Å². The van der Waals surface area contributed by atoms with Crippen molar-refractivity contribution in [3.05, 3.63) is 65.3 Å². The molecule has 112 valence electrons. The Hall–Kier alpha value is -2.42. The van der Waals surface area contributed by atoms with Crippen molar-refractivity contribution >= 4 is 0 Å². The highest BCUT2D eigenvalue weighted by atomic mass is 16.3. The van der Waals surface area contributed by atoms with Gasteiger partial charge in [0.1, 0.15) is 7.05 Å². The molecule has 0 atom stereocenters. The van der Waals surface area contributed by atoms with Gasteiger partial charge >= 0.3 is 5.89 Å². The van der Waals surface area contributed by atoms with Gasteiger partial charge < -0.3 is 4.42 Å². The van der Waals surface area contributed by atoms with Gasteiger partial charge in [0.25, 0.3) is 0 Å². The van der Waals surface area contributed by atoms with Crippen LogP contribution in [0.2, 0.25) is 0 Å². The van der Waals surface area contributed by atoms with E-state index >= 15 is 0 Å². The molecule has 0 bridgehead atoms. The third-order valence-corrected chi connectivity index (χ3v) is 4.23. The van der Waals surface area contributed by atoms with Crippen molar-refractivity contribution in [2.45, 2.75) is 27.7 Å². The second kappa shape index (κ2) is 5.41. The number of hydrogen-bond donors (Lipinski definition) is 0. The summed E-state index contributed by atoms with van der Waals surface area (Å²) in [6.45, 7) is 8.61. The topological polar surface area (TPSA) is 20.9 Å². The molecule has 3 nitrogen and oxygen atoms in total. The number of hydrogen-bond acceptors (Lipinski definition) is 1. The SMILES string of the molecule is Cc1cc(C)c(-[n+]2ccccc2C)c(C)c1-c1occ[n+]1C. The Kier molecular flexibility index (Phi) is 3.57. The summed E-state index contributed by atoms with van der Waals surface area (Å²) in [4.78, 5) is 0. The first-order chi connectivity index (χ1) is 10.5. The van der Waals surface area contributed by atoms with Gasteiger partial charge in [-0.3, -0.25) is 0 Å². The molecule has 0 spiro atoms. The van der Waals surface area contributed by atoms with E-state index in [0.29, 0.717) is 0 Å². The van der Waals surface area contributed by atoms with Crippen LogP contribution in [0.25, 0.3) is 17.1 Å². The third-order valence-electron chi connectivity index (χ3n) is 4.23. The fourth-order valence-electron chi connectivity index (χ4n) is 3.23. The van der Waals surface area contributed by atoms with Crippen LogP contribution in [0.5, 0.6) is 0 Å². The fourth-order valence-corrected chi connectivity index (χ4v) is 3.23. The molecule has 22 heavy (non-hydrogen) atoms. The number of pyridine rings is 1. The van der Waals surface area contributed by atoms with Crippen molar-refractivity contribution in [3.8, 4) is 17.1 Å². The van der Waals surface area contributed by atoms with Gasteiger partial charge in [-0.15, -0.1) is 0 Å². The Balaban J connectivity index is 2.34. The standard InChI is InChI=1S/C19H22N2O/c1-13-12-14(2)18(21-9-7-6-8-15(21)3)16(4)17(13)19-20(5)10-11-22-19/h6-12H,1-5H3/q+2. The van der Waals surface area contributed by atoms with Gasteiger partial charge in [0.05, 0.1) is 5.56 Å². The van der Waals surface area contributed by atoms with Crippen molar-refractivity contribution in [3.63, 3.8) is 0 Å². The normalized spacial score (nSPS) is 11.0. The van der Waals surface area contributed by atoms with E-state index < -0.39 is 0 Å². The lowest BCUT2D eigenvalue weighted by Crippen LogP contribution is -2.36. The summed E-state index contributed by atoms with van der Waals surface area (Å²) in [6.07, 6.45) is 5.79. The first kappa shape index (κ1) is 14.5. The highest BCUT2D eigenvalue weighted by molar-refractivity contribution is 5.67. The maximum atomic E-state index is 5.73. The third kappa shape index (κ3) is 2.23. The largest absolute Gasteiger partial charge is 0.406 e. The number of aryl methyl sites for hydroxylation is 4. The zero-order chi connectivity index (χ0) is 15.9. The van der Waals surface area contributed by atoms with Crippen molar-refractivity contribution < 1.29 is 13.6 Å². The van der Waals surface area contributed by atoms with Crippen LogP contribution in [0.15, 0.2) is 47.3 Å². The van der Waals surface area contributed by atoms with Gasteiger partial charge in [0.2, 0.25) is 11.9 Å². The number of aromatic nitrogens is 2. The molecule has 1 aromatic carbocycles. The predicted octanol–water partition coefficient (Wildman–Crippen LogP) is 3.28. The summed E-state index contributed by atoms with van der Waals surface area (Å²) in [5.41, 5.74) is 7.36. The van der Waals surface area contributed by atoms with Crippen LogP contribution in [-0.2, 0) is 7.05 Å². The number of nitrogens with zero attached hydrogens (tertiary/aromatic N) is 2. The van der Waals surface area contributed by atoms with Crippen molar-refractivity contribution in [2.24, 2.45) is 7.05 Å². The summed E-state index contributed by atoms with van der Waals surface area (Å²) >= 11 is 0. The smallest absolute Gasteiger partial charge is 0.381 e. The second-order valence-electron chi connectivity index (χ2n) is 5.89. The van der Waals surface area contributed by atoms with E-state index in [1.807, 2.05) is 17.8 Å². The average molecular weight is 294 g/mol.